The molecule has 0 N–H and O–H groups in total. The van der Waals surface area contributed by atoms with Crippen molar-refractivity contribution >= 4 is 28.4 Å². The van der Waals surface area contributed by atoms with Crippen molar-refractivity contribution in [2.45, 2.75) is 6.92 Å². The summed E-state index contributed by atoms with van der Waals surface area (Å²) in [6.45, 7) is 1.98. The summed E-state index contributed by atoms with van der Waals surface area (Å²) in [7, 11) is 0. The molecule has 7 heteroatoms. The smallest absolute Gasteiger partial charge is 0.150 e. The molecule has 0 aliphatic rings. The average molecular weight is 354 g/mol. The molecule has 0 bridgehead atoms. The van der Waals surface area contributed by atoms with Crippen LogP contribution in [0.2, 0.25) is 0 Å². The van der Waals surface area contributed by atoms with Crippen LogP contribution in [0.1, 0.15) is 15.9 Å². The van der Waals surface area contributed by atoms with E-state index in [4.69, 9.17) is 0 Å². The van der Waals surface area contributed by atoms with Crippen LogP contribution in [0.3, 0.4) is 0 Å². The summed E-state index contributed by atoms with van der Waals surface area (Å²) in [5.74, 6) is 0. The summed E-state index contributed by atoms with van der Waals surface area (Å²) >= 11 is 0. The Balaban J connectivity index is 1.81. The van der Waals surface area contributed by atoms with Gasteiger partial charge in [0.15, 0.2) is 0 Å². The van der Waals surface area contributed by atoms with Crippen LogP contribution in [-0.4, -0.2) is 36.3 Å². The van der Waals surface area contributed by atoms with Gasteiger partial charge < -0.3 is 0 Å². The lowest BCUT2D eigenvalue weighted by atomic mass is 10.1. The Hall–Kier alpha value is -3.87. The van der Waals surface area contributed by atoms with E-state index in [1.54, 1.807) is 9.36 Å². The molecule has 0 unspecified atom stereocenters. The molecule has 7 nitrogen and oxygen atoms in total. The maximum Gasteiger partial charge on any atom is 0.150 e. The van der Waals surface area contributed by atoms with Gasteiger partial charge in [0, 0.05) is 11.1 Å². The van der Waals surface area contributed by atoms with Crippen molar-refractivity contribution in [3.8, 4) is 11.4 Å². The molecule has 0 radical (unpaired) electrons. The molecule has 0 spiro atoms. The number of nitrogens with zero attached hydrogens (tertiary/aromatic N) is 6. The van der Waals surface area contributed by atoms with Crippen molar-refractivity contribution in [3.05, 3.63) is 71.8 Å². The van der Waals surface area contributed by atoms with Crippen molar-refractivity contribution in [3.63, 3.8) is 0 Å². The SMILES string of the molecule is Cc1c(-n2nnc3ccccc32)cc(C=O)cc1-n1nnc2ccccc21. The second-order valence-corrected chi connectivity index (χ2v) is 6.28. The zero-order valence-corrected chi connectivity index (χ0v) is 14.4. The first-order valence-corrected chi connectivity index (χ1v) is 8.48. The van der Waals surface area contributed by atoms with Crippen molar-refractivity contribution in [1.82, 2.24) is 30.0 Å². The first-order valence-electron chi connectivity index (χ1n) is 8.48. The highest BCUT2D eigenvalue weighted by atomic mass is 16.1. The van der Waals surface area contributed by atoms with Crippen LogP contribution in [-0.2, 0) is 0 Å². The molecule has 130 valence electrons. The van der Waals surface area contributed by atoms with Gasteiger partial charge in [-0.15, -0.1) is 10.2 Å². The minimum atomic E-state index is 0.532. The van der Waals surface area contributed by atoms with Gasteiger partial charge >= 0.3 is 0 Å². The standard InChI is InChI=1S/C20H14N6O/c1-13-19(25-17-8-4-2-6-15(17)21-23-25)10-14(12-27)11-20(13)26-18-9-5-3-7-16(18)22-24-26/h2-12H,1H3. The Morgan fingerprint density at radius 3 is 1.74 bits per heavy atom. The highest BCUT2D eigenvalue weighted by Crippen LogP contribution is 2.27. The molecule has 5 rings (SSSR count). The average Bonchev–Trinajstić information content (AvgIpc) is 3.33. The largest absolute Gasteiger partial charge is 0.298 e. The summed E-state index contributed by atoms with van der Waals surface area (Å²) in [5.41, 5.74) is 6.35. The first-order chi connectivity index (χ1) is 13.3. The lowest BCUT2D eigenvalue weighted by molar-refractivity contribution is 0.112. The van der Waals surface area contributed by atoms with Gasteiger partial charge in [-0.3, -0.25) is 4.79 Å². The van der Waals surface area contributed by atoms with Gasteiger partial charge in [0.1, 0.15) is 17.3 Å². The number of para-hydroxylation sites is 2. The number of aldehydes is 1. The van der Waals surface area contributed by atoms with Crippen LogP contribution in [0.25, 0.3) is 33.4 Å². The number of benzene rings is 3. The third-order valence-electron chi connectivity index (χ3n) is 4.67. The number of carbonyl (C=O) groups excluding carboxylic acids is 1. The Morgan fingerprint density at radius 2 is 1.26 bits per heavy atom. The Bertz CT molecular complexity index is 1220. The minimum absolute atomic E-state index is 0.532. The Labute approximate surface area is 153 Å². The van der Waals surface area contributed by atoms with Gasteiger partial charge in [-0.1, -0.05) is 34.7 Å². The number of fused-ring (bicyclic) bond motifs is 2. The van der Waals surface area contributed by atoms with Gasteiger partial charge in [0.2, 0.25) is 0 Å². The lowest BCUT2D eigenvalue weighted by Gasteiger charge is -2.13. The van der Waals surface area contributed by atoms with Crippen LogP contribution >= 0.6 is 0 Å². The quantitative estimate of drug-likeness (QED) is 0.465. The lowest BCUT2D eigenvalue weighted by Crippen LogP contribution is -2.07. The van der Waals surface area contributed by atoms with E-state index in [9.17, 15) is 4.79 Å². The summed E-state index contributed by atoms with van der Waals surface area (Å²) in [4.78, 5) is 11.6. The summed E-state index contributed by atoms with van der Waals surface area (Å²) in [6.07, 6.45) is 0.824. The molecule has 0 atom stereocenters. The third kappa shape index (κ3) is 2.32. The van der Waals surface area contributed by atoms with Crippen LogP contribution in [0, 0.1) is 6.92 Å². The molecule has 0 aliphatic heterocycles. The van der Waals surface area contributed by atoms with Crippen molar-refractivity contribution in [2.24, 2.45) is 0 Å². The second-order valence-electron chi connectivity index (χ2n) is 6.28. The topological polar surface area (TPSA) is 78.5 Å². The van der Waals surface area contributed by atoms with Crippen molar-refractivity contribution < 1.29 is 4.79 Å². The van der Waals surface area contributed by atoms with E-state index >= 15 is 0 Å². The Kier molecular flexibility index (Phi) is 3.33. The van der Waals surface area contributed by atoms with Crippen LogP contribution < -0.4 is 0 Å². The zero-order valence-electron chi connectivity index (χ0n) is 14.4. The van der Waals surface area contributed by atoms with Gasteiger partial charge in [-0.05, 0) is 43.3 Å². The van der Waals surface area contributed by atoms with Crippen LogP contribution in [0.5, 0.6) is 0 Å². The maximum atomic E-state index is 11.6. The molecule has 2 heterocycles. The fourth-order valence-electron chi connectivity index (χ4n) is 3.31. The molecule has 3 aromatic carbocycles. The van der Waals surface area contributed by atoms with Crippen LogP contribution in [0.15, 0.2) is 60.7 Å². The van der Waals surface area contributed by atoms with E-state index in [0.29, 0.717) is 5.56 Å². The minimum Gasteiger partial charge on any atom is -0.298 e. The maximum absolute atomic E-state index is 11.6. The predicted molar refractivity (Wildman–Crippen MR) is 101 cm³/mol. The molecule has 5 aromatic rings. The number of aromatic nitrogens is 6. The van der Waals surface area contributed by atoms with E-state index in [-0.39, 0.29) is 0 Å². The fraction of sp³-hybridized carbons (Fsp3) is 0.0500. The Morgan fingerprint density at radius 1 is 0.778 bits per heavy atom. The molecule has 0 aliphatic carbocycles. The summed E-state index contributed by atoms with van der Waals surface area (Å²) in [6, 6.07) is 19.1. The van der Waals surface area contributed by atoms with Gasteiger partial charge in [0.25, 0.3) is 0 Å². The van der Waals surface area contributed by atoms with Crippen molar-refractivity contribution in [1.29, 1.82) is 0 Å². The van der Waals surface area contributed by atoms with E-state index in [1.807, 2.05) is 67.6 Å². The van der Waals surface area contributed by atoms with Gasteiger partial charge in [-0.25, -0.2) is 9.36 Å². The monoisotopic (exact) mass is 354 g/mol. The predicted octanol–water partition coefficient (Wildman–Crippen LogP) is 3.28. The molecule has 2 aromatic heterocycles. The van der Waals surface area contributed by atoms with E-state index < -0.39 is 0 Å². The molecular weight excluding hydrogens is 340 g/mol. The zero-order chi connectivity index (χ0) is 18.4. The number of carbonyl (C=O) groups is 1. The molecule has 27 heavy (non-hydrogen) atoms. The molecule has 0 saturated carbocycles. The normalized spacial score (nSPS) is 11.3. The van der Waals surface area contributed by atoms with Crippen LogP contribution in [0.4, 0.5) is 0 Å². The van der Waals surface area contributed by atoms with Gasteiger partial charge in [0.05, 0.1) is 22.4 Å². The molecule has 0 fully saturated rings. The summed E-state index contributed by atoms with van der Waals surface area (Å²) < 4.78 is 3.50. The number of rotatable bonds is 3. The molecular formula is C20H14N6O. The van der Waals surface area contributed by atoms with Gasteiger partial charge in [-0.2, -0.15) is 0 Å². The second kappa shape index (κ2) is 5.84. The van der Waals surface area contributed by atoms with E-state index in [0.717, 1.165) is 45.3 Å². The summed E-state index contributed by atoms with van der Waals surface area (Å²) in [5, 5.41) is 17.0. The molecule has 0 saturated heterocycles. The molecule has 0 amide bonds. The number of hydrogen-bond donors (Lipinski definition) is 0. The van der Waals surface area contributed by atoms with Crippen molar-refractivity contribution in [2.75, 3.05) is 0 Å². The van der Waals surface area contributed by atoms with E-state index in [1.165, 1.54) is 0 Å². The first kappa shape index (κ1) is 15.4. The highest BCUT2D eigenvalue weighted by Gasteiger charge is 2.16. The highest BCUT2D eigenvalue weighted by molar-refractivity contribution is 5.83. The van der Waals surface area contributed by atoms with E-state index in [2.05, 4.69) is 20.6 Å². The number of hydrogen-bond acceptors (Lipinski definition) is 5. The third-order valence-corrected chi connectivity index (χ3v) is 4.67. The fourth-order valence-corrected chi connectivity index (χ4v) is 3.31.